The van der Waals surface area contributed by atoms with Gasteiger partial charge in [0.2, 0.25) is 10.0 Å². The number of sulfonamides is 1. The number of non-ortho nitro benzene ring substituents is 1. The lowest BCUT2D eigenvalue weighted by Crippen LogP contribution is -2.48. The van der Waals surface area contributed by atoms with E-state index >= 15 is 0 Å². The van der Waals surface area contributed by atoms with E-state index in [1.807, 2.05) is 5.38 Å². The fourth-order valence-electron chi connectivity index (χ4n) is 5.30. The molecule has 1 aliphatic heterocycles. The van der Waals surface area contributed by atoms with Crippen LogP contribution in [0.15, 0.2) is 89.0 Å². The number of thiophene rings is 1. The molecule has 0 spiro atoms. The number of amides is 1. The number of ether oxygens (including phenoxy) is 1. The molecule has 1 unspecified atom stereocenters. The smallest absolute Gasteiger partial charge is 0.410 e. The summed E-state index contributed by atoms with van der Waals surface area (Å²) in [6.45, 7) is 7.02. The van der Waals surface area contributed by atoms with Gasteiger partial charge in [-0.1, -0.05) is 24.3 Å². The number of nitro benzene ring substituents is 1. The van der Waals surface area contributed by atoms with Crippen molar-refractivity contribution in [3.63, 3.8) is 0 Å². The minimum absolute atomic E-state index is 0. The fourth-order valence-corrected chi connectivity index (χ4v) is 7.28. The zero-order valence-corrected chi connectivity index (χ0v) is 27.1. The van der Waals surface area contributed by atoms with E-state index in [2.05, 4.69) is 22.9 Å². The molecule has 1 aromatic heterocycles. The van der Waals surface area contributed by atoms with Crippen LogP contribution in [0.4, 0.5) is 10.5 Å². The number of likely N-dealkylation sites (tertiary alicyclic amines) is 1. The van der Waals surface area contributed by atoms with Crippen molar-refractivity contribution in [2.24, 2.45) is 0 Å². The first-order chi connectivity index (χ1) is 20.7. The van der Waals surface area contributed by atoms with Crippen molar-refractivity contribution in [3.05, 3.63) is 105 Å². The Bertz CT molecular complexity index is 1450. The Labute approximate surface area is 269 Å². The third kappa shape index (κ3) is 9.35. The van der Waals surface area contributed by atoms with Gasteiger partial charge < -0.3 is 14.5 Å². The van der Waals surface area contributed by atoms with Crippen LogP contribution in [0.25, 0.3) is 0 Å². The molecule has 44 heavy (non-hydrogen) atoms. The minimum atomic E-state index is -3.59. The molecule has 0 saturated carbocycles. The first-order valence-corrected chi connectivity index (χ1v) is 16.6. The summed E-state index contributed by atoms with van der Waals surface area (Å²) in [6.07, 6.45) is 3.63. The Morgan fingerprint density at radius 3 is 2.43 bits per heavy atom. The number of likely N-dealkylation sites (N-methyl/N-ethyl adjacent to an activating group) is 1. The van der Waals surface area contributed by atoms with E-state index in [1.54, 1.807) is 71.8 Å². The van der Waals surface area contributed by atoms with Gasteiger partial charge in [-0.05, 0) is 83.9 Å². The van der Waals surface area contributed by atoms with Gasteiger partial charge >= 0.3 is 6.09 Å². The summed E-state index contributed by atoms with van der Waals surface area (Å²) >= 11 is 1.61. The maximum Gasteiger partial charge on any atom is 0.410 e. The Hall–Kier alpha value is -3.29. The fraction of sp³-hybridized carbons (Fsp3) is 0.387. The molecule has 238 valence electrons. The van der Waals surface area contributed by atoms with Gasteiger partial charge in [0.25, 0.3) is 5.69 Å². The second-order valence-electron chi connectivity index (χ2n) is 10.6. The van der Waals surface area contributed by atoms with Gasteiger partial charge in [0.05, 0.1) is 9.82 Å². The highest BCUT2D eigenvalue weighted by Crippen LogP contribution is 2.27. The number of halogens is 1. The van der Waals surface area contributed by atoms with E-state index in [4.69, 9.17) is 4.74 Å². The Morgan fingerprint density at radius 2 is 1.84 bits per heavy atom. The second kappa shape index (κ2) is 16.7. The molecule has 0 N–H and O–H groups in total. The first kappa shape index (κ1) is 35.2. The standard InChI is InChI=1S/C31H38N4O6S2.ClH/c1-3-17-34(31(36)41-23-25-9-11-29(12-10-25)35(37)38)28-14-19-33(20-15-28)18-13-26(27-16-21-42-24-27)22-32(2)43(39,40)30-7-5-4-6-8-30;/h3-12,16,21,24,26,28H,1,13-15,17-20,22-23H2,2H3;1H. The molecule has 13 heteroatoms. The molecular weight excluding hydrogens is 624 g/mol. The van der Waals surface area contributed by atoms with E-state index in [-0.39, 0.29) is 36.7 Å². The summed E-state index contributed by atoms with van der Waals surface area (Å²) in [7, 11) is -1.95. The number of hydrogen-bond acceptors (Lipinski definition) is 8. The van der Waals surface area contributed by atoms with Crippen LogP contribution in [0.5, 0.6) is 0 Å². The van der Waals surface area contributed by atoms with Crippen molar-refractivity contribution < 1.29 is 22.9 Å². The second-order valence-corrected chi connectivity index (χ2v) is 13.5. The van der Waals surface area contributed by atoms with Gasteiger partial charge in [0, 0.05) is 51.4 Å². The van der Waals surface area contributed by atoms with Gasteiger partial charge in [-0.25, -0.2) is 17.5 Å². The highest BCUT2D eigenvalue weighted by atomic mass is 35.5. The van der Waals surface area contributed by atoms with Crippen molar-refractivity contribution in [3.8, 4) is 0 Å². The van der Waals surface area contributed by atoms with Crippen LogP contribution in [-0.4, -0.2) is 79.4 Å². The topological polar surface area (TPSA) is 113 Å². The Morgan fingerprint density at radius 1 is 1.16 bits per heavy atom. The molecule has 0 aliphatic carbocycles. The maximum absolute atomic E-state index is 13.2. The minimum Gasteiger partial charge on any atom is -0.445 e. The molecule has 1 saturated heterocycles. The summed E-state index contributed by atoms with van der Waals surface area (Å²) in [6, 6.07) is 16.5. The van der Waals surface area contributed by atoms with Crippen LogP contribution < -0.4 is 0 Å². The molecule has 0 radical (unpaired) electrons. The summed E-state index contributed by atoms with van der Waals surface area (Å²) < 4.78 is 33.3. The zero-order valence-electron chi connectivity index (χ0n) is 24.7. The molecule has 0 bridgehead atoms. The monoisotopic (exact) mass is 662 g/mol. The molecule has 1 fully saturated rings. The predicted molar refractivity (Wildman–Crippen MR) is 175 cm³/mol. The van der Waals surface area contributed by atoms with Crippen LogP contribution >= 0.6 is 23.7 Å². The summed E-state index contributed by atoms with van der Waals surface area (Å²) in [4.78, 5) is 27.7. The Balaban J connectivity index is 0.00000529. The van der Waals surface area contributed by atoms with Crippen LogP contribution in [0, 0.1) is 10.1 Å². The lowest BCUT2D eigenvalue weighted by Gasteiger charge is -2.38. The van der Waals surface area contributed by atoms with E-state index < -0.39 is 21.0 Å². The largest absolute Gasteiger partial charge is 0.445 e. The molecule has 3 aromatic rings. The number of rotatable bonds is 14. The molecular formula is C31H39ClN4O6S2. The SMILES string of the molecule is C=CCN(C(=O)OCc1ccc([N+](=O)[O-])cc1)C1CCN(CCC(CN(C)S(=O)(=O)c2ccccc2)c2ccsc2)CC1.Cl. The van der Waals surface area contributed by atoms with Gasteiger partial charge in [0.1, 0.15) is 6.61 Å². The highest BCUT2D eigenvalue weighted by molar-refractivity contribution is 7.89. The quantitative estimate of drug-likeness (QED) is 0.115. The van der Waals surface area contributed by atoms with Gasteiger partial charge in [0.15, 0.2) is 0 Å². The predicted octanol–water partition coefficient (Wildman–Crippen LogP) is 6.16. The molecule has 2 heterocycles. The van der Waals surface area contributed by atoms with Crippen LogP contribution in [0.3, 0.4) is 0 Å². The number of nitro groups is 1. The number of hydrogen-bond donors (Lipinski definition) is 0. The molecule has 1 atom stereocenters. The van der Waals surface area contributed by atoms with Gasteiger partial charge in [-0.15, -0.1) is 19.0 Å². The molecule has 1 amide bonds. The number of carbonyl (C=O) groups excluding carboxylic acids is 1. The van der Waals surface area contributed by atoms with E-state index in [9.17, 15) is 23.3 Å². The van der Waals surface area contributed by atoms with Gasteiger partial charge in [-0.2, -0.15) is 11.3 Å². The lowest BCUT2D eigenvalue weighted by molar-refractivity contribution is -0.384. The van der Waals surface area contributed by atoms with Crippen LogP contribution in [0.2, 0.25) is 0 Å². The summed E-state index contributed by atoms with van der Waals surface area (Å²) in [5.41, 5.74) is 1.80. The summed E-state index contributed by atoms with van der Waals surface area (Å²) in [5.74, 6) is 0.0547. The van der Waals surface area contributed by atoms with E-state index in [0.717, 1.165) is 44.5 Å². The normalized spacial score (nSPS) is 14.9. The highest BCUT2D eigenvalue weighted by Gasteiger charge is 2.30. The van der Waals surface area contributed by atoms with Crippen LogP contribution in [-0.2, 0) is 21.4 Å². The zero-order chi connectivity index (χ0) is 30.8. The van der Waals surface area contributed by atoms with Crippen molar-refractivity contribution in [2.75, 3.05) is 39.8 Å². The van der Waals surface area contributed by atoms with Crippen molar-refractivity contribution >= 4 is 45.5 Å². The van der Waals surface area contributed by atoms with Gasteiger partial charge in [-0.3, -0.25) is 10.1 Å². The molecule has 4 rings (SSSR count). The van der Waals surface area contributed by atoms with Crippen molar-refractivity contribution in [2.45, 2.75) is 42.7 Å². The molecule has 10 nitrogen and oxygen atoms in total. The summed E-state index contributed by atoms with van der Waals surface area (Å²) in [5, 5.41) is 15.0. The first-order valence-electron chi connectivity index (χ1n) is 14.2. The molecule has 1 aliphatic rings. The molecule has 2 aromatic carbocycles. The average Bonchev–Trinajstić information content (AvgIpc) is 3.56. The van der Waals surface area contributed by atoms with E-state index in [0.29, 0.717) is 23.5 Å². The lowest BCUT2D eigenvalue weighted by atomic mass is 9.97. The number of carbonyl (C=O) groups is 1. The number of piperidine rings is 1. The number of nitrogens with zero attached hydrogens (tertiary/aromatic N) is 4. The van der Waals surface area contributed by atoms with Crippen molar-refractivity contribution in [1.82, 2.24) is 14.1 Å². The Kier molecular flexibility index (Phi) is 13.3. The van der Waals surface area contributed by atoms with E-state index in [1.165, 1.54) is 16.4 Å². The van der Waals surface area contributed by atoms with Crippen molar-refractivity contribution in [1.29, 1.82) is 0 Å². The number of benzene rings is 2. The third-order valence-electron chi connectivity index (χ3n) is 7.80. The maximum atomic E-state index is 13.2. The third-order valence-corrected chi connectivity index (χ3v) is 10.3. The van der Waals surface area contributed by atoms with Crippen LogP contribution in [0.1, 0.15) is 36.3 Å². The average molecular weight is 663 g/mol.